The molecule has 0 radical (unpaired) electrons. The average molecular weight is 406 g/mol. The Morgan fingerprint density at radius 3 is 2.79 bits per heavy atom. The summed E-state index contributed by atoms with van der Waals surface area (Å²) >= 11 is 1.16. The van der Waals surface area contributed by atoms with Crippen LogP contribution in [0.1, 0.15) is 16.7 Å². The average Bonchev–Trinajstić information content (AvgIpc) is 3.26. The van der Waals surface area contributed by atoms with Gasteiger partial charge in [0, 0.05) is 5.75 Å². The summed E-state index contributed by atoms with van der Waals surface area (Å²) in [7, 11) is 0. The molecule has 0 fully saturated rings. The molecule has 0 unspecified atom stereocenters. The Morgan fingerprint density at radius 1 is 1.14 bits per heavy atom. The van der Waals surface area contributed by atoms with Crippen molar-refractivity contribution in [1.82, 2.24) is 5.32 Å². The highest BCUT2D eigenvalue weighted by atomic mass is 32.2. The maximum Gasteiger partial charge on any atom is 0.416 e. The number of alkyl halides is 3. The number of aliphatic imine (C=N–C) groups is 1. The predicted molar refractivity (Wildman–Crippen MR) is 98.9 cm³/mol. The molecule has 9 heteroatoms. The summed E-state index contributed by atoms with van der Waals surface area (Å²) < 4.78 is 48.9. The number of nitrogens with zero attached hydrogens (tertiary/aromatic N) is 1. The van der Waals surface area contributed by atoms with Gasteiger partial charge in [-0.05, 0) is 35.4 Å². The number of carbonyl (C=O) groups excluding carboxylic acids is 1. The zero-order valence-electron chi connectivity index (χ0n) is 14.2. The Morgan fingerprint density at radius 2 is 1.96 bits per heavy atom. The van der Waals surface area contributed by atoms with E-state index in [0.717, 1.165) is 29.5 Å². The minimum Gasteiger partial charge on any atom is -0.454 e. The Bertz CT molecular complexity index is 1000. The molecule has 0 aromatic heterocycles. The highest BCUT2D eigenvalue weighted by Gasteiger charge is 2.30. The number of thioether (sulfide) groups is 1. The fraction of sp³-hybridized carbons (Fsp3) is 0.158. The monoisotopic (exact) mass is 406 g/mol. The van der Waals surface area contributed by atoms with E-state index >= 15 is 0 Å². The van der Waals surface area contributed by atoms with Gasteiger partial charge in [0.05, 0.1) is 5.56 Å². The molecule has 2 aliphatic heterocycles. The van der Waals surface area contributed by atoms with Crippen molar-refractivity contribution in [3.05, 3.63) is 64.9 Å². The molecule has 5 nitrogen and oxygen atoms in total. The summed E-state index contributed by atoms with van der Waals surface area (Å²) in [4.78, 5) is 16.3. The molecule has 144 valence electrons. The van der Waals surface area contributed by atoms with E-state index in [1.54, 1.807) is 30.3 Å². The summed E-state index contributed by atoms with van der Waals surface area (Å²) in [6.45, 7) is 0.157. The van der Waals surface area contributed by atoms with Gasteiger partial charge in [0.25, 0.3) is 5.91 Å². The van der Waals surface area contributed by atoms with Crippen LogP contribution in [0.5, 0.6) is 11.5 Å². The van der Waals surface area contributed by atoms with Crippen LogP contribution in [0.15, 0.2) is 53.2 Å². The molecule has 4 rings (SSSR count). The molecule has 1 amide bonds. The van der Waals surface area contributed by atoms with Crippen LogP contribution in [0.2, 0.25) is 0 Å². The van der Waals surface area contributed by atoms with Crippen LogP contribution < -0.4 is 14.8 Å². The molecule has 0 aliphatic carbocycles. The molecule has 2 aromatic rings. The molecule has 28 heavy (non-hydrogen) atoms. The van der Waals surface area contributed by atoms with E-state index in [2.05, 4.69) is 10.3 Å². The normalized spacial score (nSPS) is 17.0. The van der Waals surface area contributed by atoms with Gasteiger partial charge in [-0.3, -0.25) is 10.1 Å². The lowest BCUT2D eigenvalue weighted by Gasteiger charge is -2.08. The summed E-state index contributed by atoms with van der Waals surface area (Å²) in [5, 5.41) is 2.96. The summed E-state index contributed by atoms with van der Waals surface area (Å²) in [5.74, 6) is 1.11. The van der Waals surface area contributed by atoms with Crippen molar-refractivity contribution < 1.29 is 27.4 Å². The van der Waals surface area contributed by atoms with Crippen molar-refractivity contribution in [3.8, 4) is 11.5 Å². The highest BCUT2D eigenvalue weighted by Crippen LogP contribution is 2.33. The van der Waals surface area contributed by atoms with Crippen molar-refractivity contribution in [1.29, 1.82) is 0 Å². The second-order valence-electron chi connectivity index (χ2n) is 6.00. The summed E-state index contributed by atoms with van der Waals surface area (Å²) in [6.07, 6.45) is -2.78. The third-order valence-electron chi connectivity index (χ3n) is 4.00. The van der Waals surface area contributed by atoms with Crippen molar-refractivity contribution in [2.24, 2.45) is 4.99 Å². The maximum atomic E-state index is 12.8. The minimum absolute atomic E-state index is 0.157. The van der Waals surface area contributed by atoms with Gasteiger partial charge in [0.2, 0.25) is 6.79 Å². The third-order valence-corrected chi connectivity index (χ3v) is 4.95. The minimum atomic E-state index is -4.39. The predicted octanol–water partition coefficient (Wildman–Crippen LogP) is 4.19. The van der Waals surface area contributed by atoms with Gasteiger partial charge in [-0.15, -0.1) is 0 Å². The second-order valence-corrected chi connectivity index (χ2v) is 6.96. The highest BCUT2D eigenvalue weighted by molar-refractivity contribution is 8.13. The SMILES string of the molecule is O=C1NC(SCc2cccc(C(F)(F)F)c2)=NC1=Cc1ccc2c(c1)OCO2. The maximum absolute atomic E-state index is 12.8. The second kappa shape index (κ2) is 7.23. The van der Waals surface area contributed by atoms with Crippen molar-refractivity contribution in [3.63, 3.8) is 0 Å². The fourth-order valence-electron chi connectivity index (χ4n) is 2.67. The number of fused-ring (bicyclic) bond motifs is 1. The molecule has 2 aliphatic rings. The van der Waals surface area contributed by atoms with Gasteiger partial charge in [0.1, 0.15) is 5.70 Å². The van der Waals surface area contributed by atoms with Crippen LogP contribution >= 0.6 is 11.8 Å². The molecule has 0 bridgehead atoms. The van der Waals surface area contributed by atoms with Crippen LogP contribution in [0.3, 0.4) is 0 Å². The van der Waals surface area contributed by atoms with Crippen LogP contribution in [-0.4, -0.2) is 17.9 Å². The number of hydrogen-bond donors (Lipinski definition) is 1. The first-order valence-electron chi connectivity index (χ1n) is 8.19. The van der Waals surface area contributed by atoms with Gasteiger partial charge in [0.15, 0.2) is 16.7 Å². The number of amidine groups is 1. The molecular weight excluding hydrogens is 393 g/mol. The number of carbonyl (C=O) groups is 1. The summed E-state index contributed by atoms with van der Waals surface area (Å²) in [6, 6.07) is 10.3. The molecular formula is C19H13F3N2O3S. The van der Waals surface area contributed by atoms with E-state index in [4.69, 9.17) is 9.47 Å². The van der Waals surface area contributed by atoms with E-state index in [-0.39, 0.29) is 24.2 Å². The van der Waals surface area contributed by atoms with Gasteiger partial charge < -0.3 is 9.47 Å². The van der Waals surface area contributed by atoms with Crippen molar-refractivity contribution in [2.45, 2.75) is 11.9 Å². The molecule has 1 N–H and O–H groups in total. The van der Waals surface area contributed by atoms with Crippen LogP contribution in [-0.2, 0) is 16.7 Å². The van der Waals surface area contributed by atoms with E-state index in [1.807, 2.05) is 0 Å². The standard InChI is InChI=1S/C19H13F3N2O3S/c20-19(21,22)13-3-1-2-12(6-13)9-28-18-23-14(17(25)24-18)7-11-4-5-15-16(8-11)27-10-26-15/h1-8H,9-10H2,(H,23,24,25). The summed E-state index contributed by atoms with van der Waals surface area (Å²) in [5.41, 5.74) is 0.726. The smallest absolute Gasteiger partial charge is 0.416 e. The number of amides is 1. The van der Waals surface area contributed by atoms with Crippen LogP contribution in [0, 0.1) is 0 Å². The quantitative estimate of drug-likeness (QED) is 0.777. The Labute approximate surface area is 162 Å². The van der Waals surface area contributed by atoms with Gasteiger partial charge in [-0.25, -0.2) is 4.99 Å². The van der Waals surface area contributed by atoms with Gasteiger partial charge >= 0.3 is 6.18 Å². The number of halogens is 3. The third kappa shape index (κ3) is 3.99. The lowest BCUT2D eigenvalue weighted by Crippen LogP contribution is -2.21. The number of hydrogen-bond acceptors (Lipinski definition) is 5. The Kier molecular flexibility index (Phi) is 4.76. The zero-order chi connectivity index (χ0) is 19.7. The van der Waals surface area contributed by atoms with Crippen LogP contribution in [0.25, 0.3) is 6.08 Å². The first-order chi connectivity index (χ1) is 13.4. The van der Waals surface area contributed by atoms with E-state index in [9.17, 15) is 18.0 Å². The Hall–Kier alpha value is -2.94. The number of nitrogens with one attached hydrogen (secondary N) is 1. The van der Waals surface area contributed by atoms with Crippen molar-refractivity contribution >= 4 is 28.9 Å². The van der Waals surface area contributed by atoms with Crippen molar-refractivity contribution in [2.75, 3.05) is 6.79 Å². The molecule has 2 heterocycles. The largest absolute Gasteiger partial charge is 0.454 e. The Balaban J connectivity index is 1.46. The number of benzene rings is 2. The molecule has 0 spiro atoms. The van der Waals surface area contributed by atoms with E-state index in [0.29, 0.717) is 22.2 Å². The number of ether oxygens (including phenoxy) is 2. The van der Waals surface area contributed by atoms with E-state index in [1.165, 1.54) is 6.07 Å². The van der Waals surface area contributed by atoms with Crippen LogP contribution in [0.4, 0.5) is 13.2 Å². The number of rotatable bonds is 3. The van der Waals surface area contributed by atoms with Gasteiger partial charge in [-0.2, -0.15) is 13.2 Å². The fourth-order valence-corrected chi connectivity index (χ4v) is 3.48. The topological polar surface area (TPSA) is 59.9 Å². The molecule has 0 saturated carbocycles. The molecule has 0 saturated heterocycles. The molecule has 2 aromatic carbocycles. The zero-order valence-corrected chi connectivity index (χ0v) is 15.1. The first-order valence-corrected chi connectivity index (χ1v) is 9.17. The lowest BCUT2D eigenvalue weighted by atomic mass is 10.1. The van der Waals surface area contributed by atoms with E-state index < -0.39 is 11.7 Å². The lowest BCUT2D eigenvalue weighted by molar-refractivity contribution is -0.137. The van der Waals surface area contributed by atoms with Gasteiger partial charge in [-0.1, -0.05) is 36.0 Å². The molecule has 0 atom stereocenters. The first kappa shape index (κ1) is 18.4.